The topological polar surface area (TPSA) is 99.1 Å². The third-order valence-corrected chi connectivity index (χ3v) is 5.46. The number of carbonyl (C=O) groups excluding carboxylic acids is 2. The van der Waals surface area contributed by atoms with Crippen LogP contribution in [0.2, 0.25) is 0 Å². The zero-order chi connectivity index (χ0) is 20.4. The summed E-state index contributed by atoms with van der Waals surface area (Å²) in [5, 5.41) is 23.5. The van der Waals surface area contributed by atoms with Gasteiger partial charge in [-0.25, -0.2) is 0 Å². The largest absolute Gasteiger partial charge is 0.459 e. The Morgan fingerprint density at radius 2 is 2.04 bits per heavy atom. The van der Waals surface area contributed by atoms with Crippen LogP contribution in [0.3, 0.4) is 0 Å². The van der Waals surface area contributed by atoms with Crippen LogP contribution in [-0.2, 0) is 14.3 Å². The quantitative estimate of drug-likeness (QED) is 0.484. The van der Waals surface area contributed by atoms with E-state index in [2.05, 4.69) is 10.2 Å². The van der Waals surface area contributed by atoms with Crippen molar-refractivity contribution >= 4 is 11.9 Å². The summed E-state index contributed by atoms with van der Waals surface area (Å²) in [6.07, 6.45) is 5.10. The molecule has 3 N–H and O–H groups in total. The molecular weight excluding hydrogens is 348 g/mol. The van der Waals surface area contributed by atoms with Crippen LogP contribution in [0.1, 0.15) is 53.9 Å². The monoisotopic (exact) mass is 382 g/mol. The Labute approximate surface area is 161 Å². The number of piperidine rings is 1. The van der Waals surface area contributed by atoms with E-state index in [1.54, 1.807) is 0 Å². The predicted octanol–water partition coefficient (Wildman–Crippen LogP) is 0.985. The van der Waals surface area contributed by atoms with Gasteiger partial charge in [0.1, 0.15) is 11.6 Å². The average Bonchev–Trinajstić information content (AvgIpc) is 2.88. The highest BCUT2D eigenvalue weighted by atomic mass is 16.6. The van der Waals surface area contributed by atoms with Crippen molar-refractivity contribution in [2.75, 3.05) is 13.2 Å². The van der Waals surface area contributed by atoms with Gasteiger partial charge in [0.25, 0.3) is 0 Å². The second kappa shape index (κ2) is 8.29. The third kappa shape index (κ3) is 4.89. The minimum absolute atomic E-state index is 0.00473. The third-order valence-electron chi connectivity index (χ3n) is 5.46. The lowest BCUT2D eigenvalue weighted by atomic mass is 9.76. The first kappa shape index (κ1) is 21.9. The van der Waals surface area contributed by atoms with Crippen molar-refractivity contribution in [3.63, 3.8) is 0 Å². The number of nitrogens with zero attached hydrogens (tertiary/aromatic N) is 1. The number of allylic oxidation sites excluding steroid dienone is 1. The van der Waals surface area contributed by atoms with Crippen LogP contribution in [0.25, 0.3) is 0 Å². The zero-order valence-corrected chi connectivity index (χ0v) is 17.1. The van der Waals surface area contributed by atoms with Crippen LogP contribution in [0.5, 0.6) is 0 Å². The number of hydrogen-bond donors (Lipinski definition) is 3. The Balaban J connectivity index is 2.37. The van der Waals surface area contributed by atoms with Gasteiger partial charge in [0.15, 0.2) is 0 Å². The molecule has 0 bridgehead atoms. The van der Waals surface area contributed by atoms with Gasteiger partial charge < -0.3 is 20.3 Å². The lowest BCUT2D eigenvalue weighted by Gasteiger charge is -2.49. The first-order valence-electron chi connectivity index (χ1n) is 9.74. The van der Waals surface area contributed by atoms with E-state index < -0.39 is 23.3 Å². The van der Waals surface area contributed by atoms with Gasteiger partial charge in [-0.05, 0) is 46.5 Å². The number of ether oxygens (including phenoxy) is 1. The summed E-state index contributed by atoms with van der Waals surface area (Å²) in [7, 11) is 0. The molecule has 0 unspecified atom stereocenters. The molecule has 2 heterocycles. The van der Waals surface area contributed by atoms with Gasteiger partial charge in [-0.1, -0.05) is 12.2 Å². The van der Waals surface area contributed by atoms with E-state index in [1.807, 2.05) is 39.8 Å². The van der Waals surface area contributed by atoms with Crippen molar-refractivity contribution in [1.82, 2.24) is 10.2 Å². The second-order valence-corrected chi connectivity index (χ2v) is 8.71. The van der Waals surface area contributed by atoms with Crippen LogP contribution >= 0.6 is 0 Å². The number of fused-ring (bicyclic) bond motifs is 1. The molecule has 154 valence electrons. The molecule has 0 aromatic carbocycles. The number of esters is 1. The minimum Gasteiger partial charge on any atom is -0.459 e. The highest BCUT2D eigenvalue weighted by molar-refractivity contribution is 5.77. The Bertz CT molecular complexity index is 585. The summed E-state index contributed by atoms with van der Waals surface area (Å²) in [6.45, 7) is 9.22. The molecule has 0 spiro atoms. The normalized spacial score (nSPS) is 34.5. The lowest BCUT2D eigenvalue weighted by molar-refractivity contribution is -0.164. The van der Waals surface area contributed by atoms with Gasteiger partial charge in [0.2, 0.25) is 5.91 Å². The molecule has 0 aromatic heterocycles. The number of nitrogens with one attached hydrogen (secondary N) is 1. The Hall–Kier alpha value is -1.44. The van der Waals surface area contributed by atoms with Gasteiger partial charge >= 0.3 is 5.97 Å². The summed E-state index contributed by atoms with van der Waals surface area (Å²) >= 11 is 0. The summed E-state index contributed by atoms with van der Waals surface area (Å²) in [5.41, 5.74) is -1.78. The van der Waals surface area contributed by atoms with Crippen molar-refractivity contribution in [1.29, 1.82) is 0 Å². The fourth-order valence-electron chi connectivity index (χ4n) is 4.48. The van der Waals surface area contributed by atoms with Crippen LogP contribution in [0.15, 0.2) is 12.2 Å². The van der Waals surface area contributed by atoms with E-state index in [0.29, 0.717) is 19.4 Å². The number of carbonyl (C=O) groups is 2. The molecule has 0 saturated carbocycles. The number of rotatable bonds is 5. The van der Waals surface area contributed by atoms with Crippen LogP contribution in [0.4, 0.5) is 0 Å². The summed E-state index contributed by atoms with van der Waals surface area (Å²) in [4.78, 5) is 26.7. The SMILES string of the molecule is C/C=C\[C@@H]1C[C@H](C(=O)OC(C)(C)C)N2CC[C@@](O)(CCO)[C@H](NC(C)=O)[C@@H]12. The number of aliphatic hydroxyl groups excluding tert-OH is 1. The molecule has 0 radical (unpaired) electrons. The van der Waals surface area contributed by atoms with E-state index in [-0.39, 0.29) is 36.9 Å². The fourth-order valence-corrected chi connectivity index (χ4v) is 4.48. The zero-order valence-electron chi connectivity index (χ0n) is 17.1. The molecule has 2 aliphatic rings. The van der Waals surface area contributed by atoms with Gasteiger partial charge in [-0.3, -0.25) is 14.5 Å². The van der Waals surface area contributed by atoms with Crippen LogP contribution in [0, 0.1) is 5.92 Å². The number of hydrogen-bond acceptors (Lipinski definition) is 6. The maximum atomic E-state index is 12.8. The molecule has 27 heavy (non-hydrogen) atoms. The van der Waals surface area contributed by atoms with Gasteiger partial charge in [-0.15, -0.1) is 0 Å². The maximum Gasteiger partial charge on any atom is 0.323 e. The first-order chi connectivity index (χ1) is 12.5. The van der Waals surface area contributed by atoms with E-state index in [1.165, 1.54) is 6.92 Å². The molecule has 0 aliphatic carbocycles. The molecular formula is C20H34N2O5. The Morgan fingerprint density at radius 3 is 2.56 bits per heavy atom. The van der Waals surface area contributed by atoms with Gasteiger partial charge in [0.05, 0.1) is 11.6 Å². The molecule has 1 amide bonds. The second-order valence-electron chi connectivity index (χ2n) is 8.71. The summed E-state index contributed by atoms with van der Waals surface area (Å²) in [5.74, 6) is -0.512. The molecule has 2 saturated heterocycles. The van der Waals surface area contributed by atoms with Crippen molar-refractivity contribution in [2.45, 2.75) is 83.2 Å². The Morgan fingerprint density at radius 1 is 1.37 bits per heavy atom. The van der Waals surface area contributed by atoms with E-state index in [0.717, 1.165) is 0 Å². The fraction of sp³-hybridized carbons (Fsp3) is 0.800. The number of amides is 1. The predicted molar refractivity (Wildman–Crippen MR) is 102 cm³/mol. The summed E-state index contributed by atoms with van der Waals surface area (Å²) in [6, 6.07) is -1.21. The van der Waals surface area contributed by atoms with Crippen LogP contribution in [-0.4, -0.2) is 69.5 Å². The molecule has 2 fully saturated rings. The highest BCUT2D eigenvalue weighted by Gasteiger charge is 2.56. The van der Waals surface area contributed by atoms with E-state index >= 15 is 0 Å². The molecule has 2 aliphatic heterocycles. The lowest BCUT2D eigenvalue weighted by Crippen LogP contribution is -2.68. The molecule has 7 heteroatoms. The van der Waals surface area contributed by atoms with E-state index in [9.17, 15) is 19.8 Å². The average molecular weight is 383 g/mol. The first-order valence-corrected chi connectivity index (χ1v) is 9.74. The standard InChI is InChI=1S/C20H34N2O5/c1-6-7-14-12-15(18(25)27-19(3,4)5)22-10-8-20(26,9-11-23)17(16(14)22)21-13(2)24/h6-7,14-17,23,26H,8-12H2,1-5H3,(H,21,24)/b7-6-/t14-,15-,16-,17-,20-/m1/s1. The Kier molecular flexibility index (Phi) is 6.71. The summed E-state index contributed by atoms with van der Waals surface area (Å²) < 4.78 is 5.62. The van der Waals surface area contributed by atoms with Crippen LogP contribution < -0.4 is 5.32 Å². The maximum absolute atomic E-state index is 12.8. The molecule has 5 atom stereocenters. The number of aliphatic hydroxyl groups is 2. The van der Waals surface area contributed by atoms with Gasteiger partial charge in [0, 0.05) is 32.5 Å². The van der Waals surface area contributed by atoms with Gasteiger partial charge in [-0.2, -0.15) is 0 Å². The van der Waals surface area contributed by atoms with Crippen molar-refractivity contribution in [2.24, 2.45) is 5.92 Å². The van der Waals surface area contributed by atoms with Crippen molar-refractivity contribution < 1.29 is 24.5 Å². The highest BCUT2D eigenvalue weighted by Crippen LogP contribution is 2.42. The minimum atomic E-state index is -1.20. The van der Waals surface area contributed by atoms with Crippen molar-refractivity contribution in [3.8, 4) is 0 Å². The van der Waals surface area contributed by atoms with Crippen molar-refractivity contribution in [3.05, 3.63) is 12.2 Å². The van der Waals surface area contributed by atoms with E-state index in [4.69, 9.17) is 4.74 Å². The molecule has 0 aromatic rings. The molecule has 2 rings (SSSR count). The molecule has 7 nitrogen and oxygen atoms in total. The smallest absolute Gasteiger partial charge is 0.323 e.